The van der Waals surface area contributed by atoms with Crippen molar-refractivity contribution < 1.29 is 14.7 Å². The van der Waals surface area contributed by atoms with Gasteiger partial charge in [-0.05, 0) is 29.2 Å². The van der Waals surface area contributed by atoms with E-state index in [9.17, 15) is 14.7 Å². The third-order valence-corrected chi connectivity index (χ3v) is 4.83. The molecule has 0 aliphatic carbocycles. The van der Waals surface area contributed by atoms with Gasteiger partial charge < -0.3 is 10.4 Å². The Morgan fingerprint density at radius 3 is 1.82 bits per heavy atom. The van der Waals surface area contributed by atoms with Crippen molar-refractivity contribution in [2.24, 2.45) is 0 Å². The molecule has 3 rings (SSSR count). The van der Waals surface area contributed by atoms with Crippen molar-refractivity contribution >= 4 is 11.9 Å². The molecule has 0 spiro atoms. The molecule has 0 radical (unpaired) electrons. The van der Waals surface area contributed by atoms with E-state index in [1.807, 2.05) is 91.9 Å². The normalized spacial score (nSPS) is 11.8. The number of carboxylic acid groups (broad SMARTS) is 1. The summed E-state index contributed by atoms with van der Waals surface area (Å²) < 4.78 is 0. The van der Waals surface area contributed by atoms with Gasteiger partial charge in [-0.2, -0.15) is 0 Å². The Labute approximate surface area is 164 Å². The first-order valence-corrected chi connectivity index (χ1v) is 9.24. The number of rotatable bonds is 7. The van der Waals surface area contributed by atoms with Gasteiger partial charge in [0.2, 0.25) is 5.91 Å². The van der Waals surface area contributed by atoms with Crippen LogP contribution >= 0.6 is 0 Å². The Kier molecular flexibility index (Phi) is 6.22. The Bertz CT molecular complexity index is 899. The molecule has 3 aromatic rings. The number of carboxylic acids is 1. The lowest BCUT2D eigenvalue weighted by Crippen LogP contribution is -2.44. The van der Waals surface area contributed by atoms with Crippen LogP contribution in [-0.4, -0.2) is 23.0 Å². The molecule has 142 valence electrons. The molecule has 0 heterocycles. The molecule has 0 fully saturated rings. The van der Waals surface area contributed by atoms with Gasteiger partial charge in [-0.3, -0.25) is 4.79 Å². The van der Waals surface area contributed by atoms with Crippen LogP contribution in [0.3, 0.4) is 0 Å². The van der Waals surface area contributed by atoms with E-state index in [2.05, 4.69) is 5.32 Å². The van der Waals surface area contributed by atoms with E-state index < -0.39 is 17.9 Å². The molecule has 0 aliphatic rings. The molecule has 2 N–H and O–H groups in total. The second-order valence-electron chi connectivity index (χ2n) is 6.78. The number of hydrogen-bond acceptors (Lipinski definition) is 2. The van der Waals surface area contributed by atoms with Crippen LogP contribution in [0.1, 0.15) is 28.2 Å². The van der Waals surface area contributed by atoms with E-state index in [0.29, 0.717) is 0 Å². The van der Waals surface area contributed by atoms with Crippen LogP contribution in [-0.2, 0) is 16.0 Å². The quantitative estimate of drug-likeness (QED) is 0.659. The van der Waals surface area contributed by atoms with Gasteiger partial charge >= 0.3 is 5.97 Å². The molecule has 0 unspecified atom stereocenters. The summed E-state index contributed by atoms with van der Waals surface area (Å²) in [6.07, 6.45) is 0.240. The van der Waals surface area contributed by atoms with Gasteiger partial charge in [-0.15, -0.1) is 0 Å². The summed E-state index contributed by atoms with van der Waals surface area (Å²) >= 11 is 0. The van der Waals surface area contributed by atoms with Gasteiger partial charge in [0.05, 0.1) is 5.92 Å². The highest BCUT2D eigenvalue weighted by Crippen LogP contribution is 2.25. The molecule has 4 nitrogen and oxygen atoms in total. The minimum Gasteiger partial charge on any atom is -0.480 e. The van der Waals surface area contributed by atoms with E-state index in [0.717, 1.165) is 22.3 Å². The summed E-state index contributed by atoms with van der Waals surface area (Å²) in [5.74, 6) is -1.93. The van der Waals surface area contributed by atoms with Crippen LogP contribution in [0, 0.1) is 6.92 Å². The van der Waals surface area contributed by atoms with Gasteiger partial charge in [-0.25, -0.2) is 4.79 Å². The Hall–Kier alpha value is -3.40. The summed E-state index contributed by atoms with van der Waals surface area (Å²) in [5, 5.41) is 12.4. The van der Waals surface area contributed by atoms with Crippen molar-refractivity contribution in [1.29, 1.82) is 0 Å². The first kappa shape index (κ1) is 19.4. The molecule has 28 heavy (non-hydrogen) atoms. The van der Waals surface area contributed by atoms with Gasteiger partial charge in [0.15, 0.2) is 0 Å². The van der Waals surface area contributed by atoms with Crippen molar-refractivity contribution in [2.45, 2.75) is 25.3 Å². The van der Waals surface area contributed by atoms with Crippen LogP contribution in [0.4, 0.5) is 0 Å². The maximum atomic E-state index is 13.2. The van der Waals surface area contributed by atoms with E-state index in [1.54, 1.807) is 0 Å². The fourth-order valence-electron chi connectivity index (χ4n) is 3.30. The molecule has 1 atom stereocenters. The summed E-state index contributed by atoms with van der Waals surface area (Å²) in [5.41, 5.74) is 3.56. The highest BCUT2D eigenvalue weighted by Gasteiger charge is 2.28. The van der Waals surface area contributed by atoms with E-state index in [1.165, 1.54) is 0 Å². The molecule has 0 aliphatic heterocycles. The zero-order valence-corrected chi connectivity index (χ0v) is 15.7. The molecule has 0 aromatic heterocycles. The Morgan fingerprint density at radius 1 is 0.821 bits per heavy atom. The zero-order chi connectivity index (χ0) is 19.9. The van der Waals surface area contributed by atoms with Crippen LogP contribution in [0.25, 0.3) is 0 Å². The lowest BCUT2D eigenvalue weighted by Gasteiger charge is -2.22. The predicted molar refractivity (Wildman–Crippen MR) is 109 cm³/mol. The number of benzene rings is 3. The van der Waals surface area contributed by atoms with Gasteiger partial charge in [0.1, 0.15) is 6.04 Å². The first-order chi connectivity index (χ1) is 13.6. The maximum absolute atomic E-state index is 13.2. The minimum absolute atomic E-state index is 0.240. The average molecular weight is 373 g/mol. The third kappa shape index (κ3) is 4.65. The lowest BCUT2D eigenvalue weighted by molar-refractivity contribution is -0.141. The number of nitrogens with one attached hydrogen (secondary N) is 1. The second kappa shape index (κ2) is 9.00. The topological polar surface area (TPSA) is 66.4 Å². The molecular weight excluding hydrogens is 350 g/mol. The largest absolute Gasteiger partial charge is 0.480 e. The number of carbonyl (C=O) groups excluding carboxylic acids is 1. The molecule has 0 saturated carbocycles. The zero-order valence-electron chi connectivity index (χ0n) is 15.7. The van der Waals surface area contributed by atoms with Crippen molar-refractivity contribution in [3.63, 3.8) is 0 Å². The number of carbonyl (C=O) groups is 2. The first-order valence-electron chi connectivity index (χ1n) is 9.24. The molecule has 4 heteroatoms. The monoisotopic (exact) mass is 373 g/mol. The molecule has 0 saturated heterocycles. The summed E-state index contributed by atoms with van der Waals surface area (Å²) in [7, 11) is 0. The van der Waals surface area contributed by atoms with Crippen LogP contribution in [0.5, 0.6) is 0 Å². The number of hydrogen-bond donors (Lipinski definition) is 2. The molecule has 1 amide bonds. The number of amides is 1. The predicted octanol–water partition coefficient (Wildman–Crippen LogP) is 3.94. The molecule has 0 bridgehead atoms. The standard InChI is InChI=1S/C24H23NO3/c1-17-10-8-9-15-20(17)16-21(24(27)28)25-23(26)22(18-11-4-2-5-12-18)19-13-6-3-7-14-19/h2-15,21-22H,16H2,1H3,(H,25,26)(H,27,28)/t21-/m0/s1. The maximum Gasteiger partial charge on any atom is 0.326 e. The molecule has 3 aromatic carbocycles. The summed E-state index contributed by atoms with van der Waals surface area (Å²) in [4.78, 5) is 25.0. The van der Waals surface area contributed by atoms with Crippen molar-refractivity contribution in [1.82, 2.24) is 5.32 Å². The smallest absolute Gasteiger partial charge is 0.326 e. The average Bonchev–Trinajstić information content (AvgIpc) is 2.71. The van der Waals surface area contributed by atoms with Crippen molar-refractivity contribution in [3.8, 4) is 0 Å². The minimum atomic E-state index is -1.04. The van der Waals surface area contributed by atoms with E-state index in [4.69, 9.17) is 0 Å². The van der Waals surface area contributed by atoms with Gasteiger partial charge in [0, 0.05) is 6.42 Å². The van der Waals surface area contributed by atoms with Crippen LogP contribution < -0.4 is 5.32 Å². The van der Waals surface area contributed by atoms with Crippen molar-refractivity contribution in [2.75, 3.05) is 0 Å². The number of aryl methyl sites for hydroxylation is 1. The highest BCUT2D eigenvalue weighted by atomic mass is 16.4. The SMILES string of the molecule is Cc1ccccc1C[C@H](NC(=O)C(c1ccccc1)c1ccccc1)C(=O)O. The summed E-state index contributed by atoms with van der Waals surface area (Å²) in [6, 6.07) is 25.4. The van der Waals surface area contributed by atoms with Gasteiger partial charge in [-0.1, -0.05) is 84.9 Å². The van der Waals surface area contributed by atoms with E-state index in [-0.39, 0.29) is 12.3 Å². The summed E-state index contributed by atoms with van der Waals surface area (Å²) in [6.45, 7) is 1.94. The van der Waals surface area contributed by atoms with E-state index >= 15 is 0 Å². The lowest BCUT2D eigenvalue weighted by atomic mass is 9.90. The van der Waals surface area contributed by atoms with Crippen LogP contribution in [0.15, 0.2) is 84.9 Å². The Balaban J connectivity index is 1.87. The third-order valence-electron chi connectivity index (χ3n) is 4.83. The fraction of sp³-hybridized carbons (Fsp3) is 0.167. The number of aliphatic carboxylic acids is 1. The van der Waals surface area contributed by atoms with Crippen LogP contribution in [0.2, 0.25) is 0 Å². The molecular formula is C24H23NO3. The highest BCUT2D eigenvalue weighted by molar-refractivity contribution is 5.90. The Morgan fingerprint density at radius 2 is 1.32 bits per heavy atom. The van der Waals surface area contributed by atoms with Crippen molar-refractivity contribution in [3.05, 3.63) is 107 Å². The fourth-order valence-corrected chi connectivity index (χ4v) is 3.30. The second-order valence-corrected chi connectivity index (χ2v) is 6.78. The van der Waals surface area contributed by atoms with Gasteiger partial charge in [0.25, 0.3) is 0 Å².